The number of nitrogens with zero attached hydrogens (tertiary/aromatic N) is 4. The molecule has 3 aromatic heterocycles. The lowest BCUT2D eigenvalue weighted by molar-refractivity contribution is 0.0950. The van der Waals surface area contributed by atoms with Gasteiger partial charge in [0.05, 0.1) is 24.7 Å². The summed E-state index contributed by atoms with van der Waals surface area (Å²) in [6.07, 6.45) is 10.1. The molecule has 1 saturated carbocycles. The van der Waals surface area contributed by atoms with Gasteiger partial charge in [-0.15, -0.1) is 0 Å². The molecule has 9 heteroatoms. The highest BCUT2D eigenvalue weighted by Gasteiger charge is 2.24. The van der Waals surface area contributed by atoms with Crippen molar-refractivity contribution in [3.8, 4) is 28.3 Å². The van der Waals surface area contributed by atoms with Crippen LogP contribution in [-0.2, 0) is 0 Å². The highest BCUT2D eigenvalue weighted by Crippen LogP contribution is 2.34. The quantitative estimate of drug-likeness (QED) is 0.330. The van der Waals surface area contributed by atoms with Crippen molar-refractivity contribution in [2.24, 2.45) is 5.73 Å². The number of fused-ring (bicyclic) bond motifs is 1. The zero-order valence-corrected chi connectivity index (χ0v) is 19.0. The van der Waals surface area contributed by atoms with E-state index >= 15 is 0 Å². The number of carbonyl (C=O) groups is 1. The van der Waals surface area contributed by atoms with Crippen LogP contribution in [0.15, 0.2) is 55.1 Å². The molecule has 0 unspecified atom stereocenters. The molecule has 9 nitrogen and oxygen atoms in total. The molecule has 174 valence electrons. The highest BCUT2D eigenvalue weighted by molar-refractivity contribution is 5.96. The van der Waals surface area contributed by atoms with Crippen LogP contribution < -0.4 is 21.1 Å². The number of hydrogen-bond donors (Lipinski definition) is 3. The summed E-state index contributed by atoms with van der Waals surface area (Å²) < 4.78 is 7.67. The number of imidazole rings is 1. The zero-order valence-electron chi connectivity index (χ0n) is 19.0. The van der Waals surface area contributed by atoms with Crippen molar-refractivity contribution in [3.05, 3.63) is 60.7 Å². The number of carbonyl (C=O) groups excluding carboxylic acids is 1. The van der Waals surface area contributed by atoms with E-state index in [-0.39, 0.29) is 5.91 Å². The third kappa shape index (κ3) is 4.42. The van der Waals surface area contributed by atoms with Gasteiger partial charge in [0, 0.05) is 47.9 Å². The van der Waals surface area contributed by atoms with E-state index < -0.39 is 0 Å². The van der Waals surface area contributed by atoms with E-state index in [1.807, 2.05) is 34.9 Å². The third-order valence-electron chi connectivity index (χ3n) is 5.79. The predicted octanol–water partition coefficient (Wildman–Crippen LogP) is 3.12. The summed E-state index contributed by atoms with van der Waals surface area (Å²) in [6.45, 7) is 1.28. The van der Waals surface area contributed by atoms with Crippen LogP contribution >= 0.6 is 0 Å². The summed E-state index contributed by atoms with van der Waals surface area (Å²) in [6, 6.07) is 9.63. The van der Waals surface area contributed by atoms with Gasteiger partial charge in [-0.25, -0.2) is 9.97 Å². The van der Waals surface area contributed by atoms with E-state index in [1.165, 1.54) is 0 Å². The number of amides is 1. The van der Waals surface area contributed by atoms with Crippen LogP contribution in [0.2, 0.25) is 0 Å². The van der Waals surface area contributed by atoms with Crippen molar-refractivity contribution in [1.29, 1.82) is 0 Å². The Hall–Kier alpha value is -3.98. The first-order chi connectivity index (χ1) is 16.7. The molecule has 0 atom stereocenters. The van der Waals surface area contributed by atoms with E-state index in [0.717, 1.165) is 41.8 Å². The molecule has 0 spiro atoms. The van der Waals surface area contributed by atoms with Crippen LogP contribution in [0.4, 0.5) is 5.82 Å². The van der Waals surface area contributed by atoms with Crippen molar-refractivity contribution in [1.82, 2.24) is 24.7 Å². The van der Waals surface area contributed by atoms with Crippen molar-refractivity contribution in [3.63, 3.8) is 0 Å². The van der Waals surface area contributed by atoms with Gasteiger partial charge in [-0.3, -0.25) is 14.2 Å². The van der Waals surface area contributed by atoms with Gasteiger partial charge in [-0.1, -0.05) is 0 Å². The lowest BCUT2D eigenvalue weighted by Crippen LogP contribution is -2.25. The molecule has 0 aliphatic heterocycles. The molecule has 1 aliphatic rings. The lowest BCUT2D eigenvalue weighted by atomic mass is 10.1. The summed E-state index contributed by atoms with van der Waals surface area (Å²) in [5.41, 5.74) is 10.3. The van der Waals surface area contributed by atoms with Crippen LogP contribution in [0.5, 0.6) is 5.75 Å². The number of hydrogen-bond acceptors (Lipinski definition) is 7. The van der Waals surface area contributed by atoms with Crippen LogP contribution in [0, 0.1) is 0 Å². The minimum Gasteiger partial charge on any atom is -0.496 e. The Balaban J connectivity index is 1.59. The highest BCUT2D eigenvalue weighted by atomic mass is 16.5. The SMILES string of the molecule is COc1cc(C(=O)NC2CC2)ccc1-c1cnc2c(NCCCN)nc(-c3ccncc3)cn12. The fourth-order valence-corrected chi connectivity index (χ4v) is 3.82. The van der Waals surface area contributed by atoms with E-state index in [1.54, 1.807) is 31.8 Å². The van der Waals surface area contributed by atoms with E-state index in [4.69, 9.17) is 15.5 Å². The van der Waals surface area contributed by atoms with Crippen LogP contribution in [0.1, 0.15) is 29.6 Å². The molecule has 1 aliphatic carbocycles. The van der Waals surface area contributed by atoms with Gasteiger partial charge in [0.2, 0.25) is 0 Å². The molecule has 0 radical (unpaired) electrons. The summed E-state index contributed by atoms with van der Waals surface area (Å²) in [7, 11) is 1.61. The molecule has 1 fully saturated rings. The number of rotatable bonds is 9. The van der Waals surface area contributed by atoms with Crippen molar-refractivity contribution < 1.29 is 9.53 Å². The summed E-state index contributed by atoms with van der Waals surface area (Å²) in [5.74, 6) is 1.19. The smallest absolute Gasteiger partial charge is 0.251 e. The average Bonchev–Trinajstić information content (AvgIpc) is 3.59. The van der Waals surface area contributed by atoms with Gasteiger partial charge in [-0.2, -0.15) is 0 Å². The first-order valence-corrected chi connectivity index (χ1v) is 11.4. The Morgan fingerprint density at radius 2 is 2.06 bits per heavy atom. The van der Waals surface area contributed by atoms with E-state index in [2.05, 4.69) is 20.6 Å². The first-order valence-electron chi connectivity index (χ1n) is 11.4. The molecular formula is C25H27N7O2. The number of aromatic nitrogens is 4. The minimum atomic E-state index is -0.0824. The second kappa shape index (κ2) is 9.48. The van der Waals surface area contributed by atoms with Crippen LogP contribution in [0.3, 0.4) is 0 Å². The summed E-state index contributed by atoms with van der Waals surface area (Å²) in [4.78, 5) is 26.1. The molecule has 5 rings (SSSR count). The standard InChI is InChI=1S/C25H27N7O2/c1-34-22-13-17(25(33)30-18-4-5-18)3-6-19(22)21-14-29-24-23(28-10-2-9-26)31-20(15-32(21)24)16-7-11-27-12-8-16/h3,6-8,11-15,18H,2,4-5,9-10,26H2,1H3,(H,28,31)(H,30,33). The van der Waals surface area contributed by atoms with Crippen molar-refractivity contribution >= 4 is 17.4 Å². The number of nitrogens with one attached hydrogen (secondary N) is 2. The number of ether oxygens (including phenoxy) is 1. The maximum absolute atomic E-state index is 12.5. The summed E-state index contributed by atoms with van der Waals surface area (Å²) in [5, 5.41) is 6.39. The summed E-state index contributed by atoms with van der Waals surface area (Å²) >= 11 is 0. The number of nitrogens with two attached hydrogens (primary N) is 1. The first kappa shape index (κ1) is 21.8. The molecule has 3 heterocycles. The molecule has 1 aromatic carbocycles. The second-order valence-corrected chi connectivity index (χ2v) is 8.28. The Labute approximate surface area is 197 Å². The Kier molecular flexibility index (Phi) is 6.09. The van der Waals surface area contributed by atoms with Crippen molar-refractivity contribution in [2.45, 2.75) is 25.3 Å². The normalized spacial score (nSPS) is 13.1. The molecule has 34 heavy (non-hydrogen) atoms. The van der Waals surface area contributed by atoms with Crippen LogP contribution in [0.25, 0.3) is 28.2 Å². The van der Waals surface area contributed by atoms with Gasteiger partial charge < -0.3 is 21.1 Å². The number of benzene rings is 1. The van der Waals surface area contributed by atoms with Gasteiger partial charge in [0.15, 0.2) is 11.5 Å². The van der Waals surface area contributed by atoms with E-state index in [0.29, 0.717) is 41.9 Å². The fraction of sp³-hybridized carbons (Fsp3) is 0.280. The molecule has 4 aromatic rings. The number of anilines is 1. The monoisotopic (exact) mass is 457 g/mol. The third-order valence-corrected chi connectivity index (χ3v) is 5.79. The van der Waals surface area contributed by atoms with Crippen molar-refractivity contribution in [2.75, 3.05) is 25.5 Å². The van der Waals surface area contributed by atoms with Gasteiger partial charge in [0.25, 0.3) is 5.91 Å². The molecule has 4 N–H and O–H groups in total. The Morgan fingerprint density at radius 3 is 2.79 bits per heavy atom. The average molecular weight is 458 g/mol. The topological polar surface area (TPSA) is 119 Å². The van der Waals surface area contributed by atoms with Gasteiger partial charge in [0.1, 0.15) is 5.75 Å². The largest absolute Gasteiger partial charge is 0.496 e. The van der Waals surface area contributed by atoms with Gasteiger partial charge >= 0.3 is 0 Å². The zero-order chi connectivity index (χ0) is 23.5. The van der Waals surface area contributed by atoms with Gasteiger partial charge in [-0.05, 0) is 56.1 Å². The minimum absolute atomic E-state index is 0.0824. The fourth-order valence-electron chi connectivity index (χ4n) is 3.82. The lowest BCUT2D eigenvalue weighted by Gasteiger charge is -2.13. The second-order valence-electron chi connectivity index (χ2n) is 8.28. The molecule has 0 saturated heterocycles. The Morgan fingerprint density at radius 1 is 1.24 bits per heavy atom. The number of methoxy groups -OCH3 is 1. The maximum atomic E-state index is 12.5. The van der Waals surface area contributed by atoms with Crippen LogP contribution in [-0.4, -0.2) is 51.5 Å². The maximum Gasteiger partial charge on any atom is 0.251 e. The number of pyridine rings is 1. The Bertz CT molecular complexity index is 1320. The molecular weight excluding hydrogens is 430 g/mol. The van der Waals surface area contributed by atoms with E-state index in [9.17, 15) is 4.79 Å². The molecule has 1 amide bonds. The molecule has 0 bridgehead atoms. The predicted molar refractivity (Wildman–Crippen MR) is 131 cm³/mol.